The zero-order valence-electron chi connectivity index (χ0n) is 10.5. The zero-order chi connectivity index (χ0) is 14.3. The molecule has 98 valence electrons. The van der Waals surface area contributed by atoms with Gasteiger partial charge >= 0.3 is 5.97 Å². The second-order valence-electron chi connectivity index (χ2n) is 3.48. The van der Waals surface area contributed by atoms with E-state index >= 15 is 0 Å². The zero-order valence-corrected chi connectivity index (χ0v) is 10.5. The van der Waals surface area contributed by atoms with E-state index < -0.39 is 5.97 Å². The Morgan fingerprint density at radius 1 is 1.47 bits per heavy atom. The lowest BCUT2D eigenvalue weighted by Crippen LogP contribution is -2.07. The summed E-state index contributed by atoms with van der Waals surface area (Å²) in [5, 5.41) is 15.3. The first-order valence-electron chi connectivity index (χ1n) is 5.33. The van der Waals surface area contributed by atoms with Crippen molar-refractivity contribution in [1.29, 1.82) is 5.26 Å². The smallest absolute Gasteiger partial charge is 0.340 e. The molecule has 0 saturated carbocycles. The Hall–Kier alpha value is -2.75. The van der Waals surface area contributed by atoms with Gasteiger partial charge in [-0.3, -0.25) is 10.2 Å². The number of hydrogen-bond acceptors (Lipinski definition) is 6. The number of esters is 1. The molecule has 0 aliphatic rings. The van der Waals surface area contributed by atoms with Crippen LogP contribution in [0.4, 0.5) is 5.69 Å². The number of ether oxygens (including phenoxy) is 1. The molecule has 0 unspecified atom stereocenters. The average Bonchev–Trinajstić information content (AvgIpc) is 2.42. The first-order chi connectivity index (χ1) is 9.10. The molecule has 0 aliphatic carbocycles. The Morgan fingerprint density at radius 3 is 2.79 bits per heavy atom. The highest BCUT2D eigenvalue weighted by molar-refractivity contribution is 6.01. The third-order valence-electron chi connectivity index (χ3n) is 2.21. The van der Waals surface area contributed by atoms with Crippen LogP contribution in [0.1, 0.15) is 27.6 Å². The van der Waals surface area contributed by atoms with Gasteiger partial charge in [-0.1, -0.05) is 5.22 Å². The van der Waals surface area contributed by atoms with Gasteiger partial charge in [0.1, 0.15) is 6.54 Å². The number of carbonyl (C=O) groups excluding carboxylic acids is 2. The fourth-order valence-electron chi connectivity index (χ4n) is 1.30. The van der Waals surface area contributed by atoms with Crippen LogP contribution in [-0.4, -0.2) is 25.4 Å². The Kier molecular flexibility index (Phi) is 5.17. The van der Waals surface area contributed by atoms with Crippen LogP contribution in [0.5, 0.6) is 0 Å². The van der Waals surface area contributed by atoms with E-state index in [4.69, 9.17) is 5.26 Å². The minimum atomic E-state index is -0.596. The van der Waals surface area contributed by atoms with Crippen molar-refractivity contribution in [3.8, 4) is 6.07 Å². The summed E-state index contributed by atoms with van der Waals surface area (Å²) in [5.41, 5.74) is 3.43. The highest BCUT2D eigenvalue weighted by atomic mass is 16.5. The minimum Gasteiger partial charge on any atom is -0.465 e. The predicted octanol–water partition coefficient (Wildman–Crippen LogP) is 1.98. The summed E-state index contributed by atoms with van der Waals surface area (Å²) in [5.74, 6) is -0.760. The van der Waals surface area contributed by atoms with Crippen molar-refractivity contribution in [2.45, 2.75) is 6.92 Å². The van der Waals surface area contributed by atoms with Crippen LogP contribution in [0.15, 0.2) is 28.5 Å². The van der Waals surface area contributed by atoms with Gasteiger partial charge in [0.05, 0.1) is 24.4 Å². The Labute approximate surface area is 109 Å². The normalized spacial score (nSPS) is 9.95. The van der Waals surface area contributed by atoms with Gasteiger partial charge in [0.2, 0.25) is 0 Å². The van der Waals surface area contributed by atoms with Crippen molar-refractivity contribution in [2.24, 2.45) is 10.3 Å². The van der Waals surface area contributed by atoms with Gasteiger partial charge in [0.15, 0.2) is 5.78 Å². The number of nitrogens with zero attached hydrogens (tertiary/aromatic N) is 3. The van der Waals surface area contributed by atoms with Gasteiger partial charge in [-0.05, 0) is 25.1 Å². The molecular weight excluding hydrogens is 248 g/mol. The molecule has 0 bridgehead atoms. The van der Waals surface area contributed by atoms with Crippen LogP contribution < -0.4 is 5.43 Å². The van der Waals surface area contributed by atoms with Gasteiger partial charge in [-0.15, -0.1) is 0 Å². The van der Waals surface area contributed by atoms with E-state index in [0.717, 1.165) is 0 Å². The van der Waals surface area contributed by atoms with Crippen molar-refractivity contribution in [3.63, 3.8) is 0 Å². The van der Waals surface area contributed by atoms with Gasteiger partial charge in [-0.2, -0.15) is 10.4 Å². The quantitative estimate of drug-likeness (QED) is 0.286. The maximum Gasteiger partial charge on any atom is 0.340 e. The monoisotopic (exact) mass is 260 g/mol. The second kappa shape index (κ2) is 6.86. The van der Waals surface area contributed by atoms with Crippen molar-refractivity contribution in [2.75, 3.05) is 19.1 Å². The number of hydrogen-bond donors (Lipinski definition) is 1. The van der Waals surface area contributed by atoms with E-state index in [0.29, 0.717) is 11.3 Å². The summed E-state index contributed by atoms with van der Waals surface area (Å²) in [7, 11) is 1.24. The fourth-order valence-corrected chi connectivity index (χ4v) is 1.30. The summed E-state index contributed by atoms with van der Waals surface area (Å²) >= 11 is 0. The first kappa shape index (κ1) is 14.3. The summed E-state index contributed by atoms with van der Waals surface area (Å²) in [6.45, 7) is 1.31. The predicted molar refractivity (Wildman–Crippen MR) is 66.7 cm³/mol. The molecule has 0 fully saturated rings. The number of carbonyl (C=O) groups is 2. The van der Waals surface area contributed by atoms with E-state index in [-0.39, 0.29) is 17.9 Å². The van der Waals surface area contributed by atoms with Crippen LogP contribution in [0.25, 0.3) is 0 Å². The maximum absolute atomic E-state index is 11.6. The Bertz CT molecular complexity index is 561. The molecule has 0 aliphatic heterocycles. The standard InChI is InChI=1S/C12H12N4O3/c1-8(17)9-3-4-11(15-16-14-6-5-13)10(7-9)12(18)19-2/h3-4,7H,6H2,1-2H3,(H,14,15). The lowest BCUT2D eigenvalue weighted by Gasteiger charge is -2.07. The number of Topliss-reactive ketones (excluding diaryl/α,β-unsaturated/α-hetero) is 1. The molecule has 19 heavy (non-hydrogen) atoms. The van der Waals surface area contributed by atoms with Gasteiger partial charge in [-0.25, -0.2) is 4.79 Å². The van der Waals surface area contributed by atoms with Crippen LogP contribution in [0.2, 0.25) is 0 Å². The van der Waals surface area contributed by atoms with E-state index in [2.05, 4.69) is 20.5 Å². The molecule has 7 heteroatoms. The number of rotatable bonds is 5. The molecule has 1 rings (SSSR count). The number of ketones is 1. The van der Waals surface area contributed by atoms with E-state index in [9.17, 15) is 9.59 Å². The third kappa shape index (κ3) is 3.89. The van der Waals surface area contributed by atoms with E-state index in [1.54, 1.807) is 12.1 Å². The highest BCUT2D eigenvalue weighted by Gasteiger charge is 2.14. The average molecular weight is 260 g/mol. The molecule has 1 aromatic carbocycles. The first-order valence-corrected chi connectivity index (χ1v) is 5.33. The molecular formula is C12H12N4O3. The van der Waals surface area contributed by atoms with Crippen molar-refractivity contribution in [3.05, 3.63) is 29.3 Å². The van der Waals surface area contributed by atoms with Crippen LogP contribution in [-0.2, 0) is 4.74 Å². The lowest BCUT2D eigenvalue weighted by atomic mass is 10.1. The molecule has 0 heterocycles. The summed E-state index contributed by atoms with van der Waals surface area (Å²) in [4.78, 5) is 22.9. The topological polar surface area (TPSA) is 104 Å². The van der Waals surface area contributed by atoms with E-state index in [1.807, 2.05) is 0 Å². The van der Waals surface area contributed by atoms with Gasteiger partial charge < -0.3 is 4.74 Å². The van der Waals surface area contributed by atoms with Gasteiger partial charge in [0.25, 0.3) is 0 Å². The molecule has 1 N–H and O–H groups in total. The van der Waals surface area contributed by atoms with E-state index in [1.165, 1.54) is 26.2 Å². The fraction of sp³-hybridized carbons (Fsp3) is 0.250. The van der Waals surface area contributed by atoms with Crippen LogP contribution in [0, 0.1) is 11.3 Å². The molecule has 7 nitrogen and oxygen atoms in total. The van der Waals surface area contributed by atoms with Crippen LogP contribution >= 0.6 is 0 Å². The molecule has 1 aromatic rings. The number of methoxy groups -OCH3 is 1. The second-order valence-corrected chi connectivity index (χ2v) is 3.48. The lowest BCUT2D eigenvalue weighted by molar-refractivity contribution is 0.0602. The number of nitrogens with one attached hydrogen (secondary N) is 1. The van der Waals surface area contributed by atoms with Crippen molar-refractivity contribution < 1.29 is 14.3 Å². The molecule has 0 saturated heterocycles. The number of benzene rings is 1. The Balaban J connectivity index is 3.06. The van der Waals surface area contributed by atoms with Crippen molar-refractivity contribution in [1.82, 2.24) is 0 Å². The molecule has 0 spiro atoms. The molecule has 0 aromatic heterocycles. The largest absolute Gasteiger partial charge is 0.465 e. The third-order valence-corrected chi connectivity index (χ3v) is 2.21. The summed E-state index contributed by atoms with van der Waals surface area (Å²) in [6, 6.07) is 6.28. The maximum atomic E-state index is 11.6. The van der Waals surface area contributed by atoms with Crippen LogP contribution in [0.3, 0.4) is 0 Å². The minimum absolute atomic E-state index is 0.0912. The molecule has 0 amide bonds. The Morgan fingerprint density at radius 2 is 2.21 bits per heavy atom. The summed E-state index contributed by atoms with van der Waals surface area (Å²) in [6.07, 6.45) is 0. The SMILES string of the molecule is COC(=O)c1cc(C(C)=O)ccc1NN=NCC#N. The number of anilines is 1. The van der Waals surface area contributed by atoms with Gasteiger partial charge in [0, 0.05) is 5.56 Å². The molecule has 0 atom stereocenters. The summed E-state index contributed by atoms with van der Waals surface area (Å²) < 4.78 is 4.62. The molecule has 0 radical (unpaired) electrons. The van der Waals surface area contributed by atoms with Crippen molar-refractivity contribution >= 4 is 17.4 Å². The highest BCUT2D eigenvalue weighted by Crippen LogP contribution is 2.19. The number of nitriles is 1.